The summed E-state index contributed by atoms with van der Waals surface area (Å²) < 4.78 is 5.97. The fraction of sp³-hybridized carbons (Fsp3) is 0.174. The van der Waals surface area contributed by atoms with Gasteiger partial charge in [0.2, 0.25) is 0 Å². The Morgan fingerprint density at radius 1 is 1.00 bits per heavy atom. The molecule has 3 rings (SSSR count). The van der Waals surface area contributed by atoms with E-state index in [1.165, 1.54) is 23.9 Å². The van der Waals surface area contributed by atoms with Gasteiger partial charge in [0.1, 0.15) is 11.5 Å². The van der Waals surface area contributed by atoms with Crippen molar-refractivity contribution in [3.05, 3.63) is 94.0 Å². The van der Waals surface area contributed by atoms with Crippen molar-refractivity contribution in [2.45, 2.75) is 26.2 Å². The highest BCUT2D eigenvalue weighted by molar-refractivity contribution is 5.85. The van der Waals surface area contributed by atoms with E-state index < -0.39 is 4.92 Å². The summed E-state index contributed by atoms with van der Waals surface area (Å²) in [5, 5.41) is 15.3. The first-order chi connectivity index (χ1) is 13.8. The number of benzene rings is 3. The van der Waals surface area contributed by atoms with Crippen LogP contribution in [0, 0.1) is 10.1 Å². The molecule has 0 aliphatic rings. The van der Waals surface area contributed by atoms with E-state index in [-0.39, 0.29) is 11.1 Å². The highest BCUT2D eigenvalue weighted by Crippen LogP contribution is 2.30. The van der Waals surface area contributed by atoms with Gasteiger partial charge in [-0.15, -0.1) is 0 Å². The zero-order chi connectivity index (χ0) is 20.9. The minimum atomic E-state index is -0.441. The average molecular weight is 389 g/mol. The van der Waals surface area contributed by atoms with Gasteiger partial charge >= 0.3 is 0 Å². The molecule has 3 aromatic carbocycles. The smallest absolute Gasteiger partial charge is 0.270 e. The third-order valence-electron chi connectivity index (χ3n) is 4.32. The van der Waals surface area contributed by atoms with E-state index in [4.69, 9.17) is 4.74 Å². The normalized spacial score (nSPS) is 11.4. The third-order valence-corrected chi connectivity index (χ3v) is 4.32. The van der Waals surface area contributed by atoms with Crippen LogP contribution >= 0.6 is 0 Å². The fourth-order valence-corrected chi connectivity index (χ4v) is 2.68. The molecule has 0 unspecified atom stereocenters. The van der Waals surface area contributed by atoms with E-state index in [1.54, 1.807) is 6.07 Å². The summed E-state index contributed by atoms with van der Waals surface area (Å²) in [5.74, 6) is 1.13. The predicted molar refractivity (Wildman–Crippen MR) is 116 cm³/mol. The van der Waals surface area contributed by atoms with Gasteiger partial charge in [-0.05, 0) is 41.3 Å². The Morgan fingerprint density at radius 2 is 1.69 bits per heavy atom. The summed E-state index contributed by atoms with van der Waals surface area (Å²) in [6, 6.07) is 21.7. The molecular formula is C23H23N3O3. The molecule has 0 spiro atoms. The van der Waals surface area contributed by atoms with E-state index in [9.17, 15) is 10.1 Å². The van der Waals surface area contributed by atoms with Crippen molar-refractivity contribution in [2.24, 2.45) is 5.10 Å². The third kappa shape index (κ3) is 5.42. The molecule has 0 saturated carbocycles. The molecular weight excluding hydrogens is 366 g/mol. The second kappa shape index (κ2) is 8.56. The van der Waals surface area contributed by atoms with Gasteiger partial charge in [0.05, 0.1) is 16.8 Å². The van der Waals surface area contributed by atoms with Crippen molar-refractivity contribution in [1.82, 2.24) is 0 Å². The number of anilines is 1. The average Bonchev–Trinajstić information content (AvgIpc) is 2.69. The monoisotopic (exact) mass is 389 g/mol. The van der Waals surface area contributed by atoms with Crippen LogP contribution in [-0.4, -0.2) is 11.1 Å². The van der Waals surface area contributed by atoms with E-state index >= 15 is 0 Å². The van der Waals surface area contributed by atoms with Crippen molar-refractivity contribution < 1.29 is 9.66 Å². The molecule has 1 N–H and O–H groups in total. The van der Waals surface area contributed by atoms with Gasteiger partial charge in [-0.25, -0.2) is 0 Å². The number of nitro benzene ring substituents is 1. The Balaban J connectivity index is 1.84. The van der Waals surface area contributed by atoms with Crippen LogP contribution < -0.4 is 10.2 Å². The van der Waals surface area contributed by atoms with E-state index in [0.29, 0.717) is 17.1 Å². The van der Waals surface area contributed by atoms with Crippen molar-refractivity contribution in [3.8, 4) is 11.5 Å². The summed E-state index contributed by atoms with van der Waals surface area (Å²) in [6.45, 7) is 6.44. The Bertz CT molecular complexity index is 1010. The van der Waals surface area contributed by atoms with Gasteiger partial charge < -0.3 is 4.74 Å². The van der Waals surface area contributed by atoms with E-state index in [2.05, 4.69) is 31.3 Å². The Labute approximate surface area is 170 Å². The molecule has 0 aliphatic heterocycles. The number of nitro groups is 1. The summed E-state index contributed by atoms with van der Waals surface area (Å²) >= 11 is 0. The van der Waals surface area contributed by atoms with E-state index in [0.717, 1.165) is 5.69 Å². The summed E-state index contributed by atoms with van der Waals surface area (Å²) in [7, 11) is 0. The number of nitrogens with one attached hydrogen (secondary N) is 1. The van der Waals surface area contributed by atoms with Crippen LogP contribution in [0.1, 0.15) is 31.9 Å². The zero-order valence-corrected chi connectivity index (χ0v) is 16.6. The van der Waals surface area contributed by atoms with Gasteiger partial charge in [-0.1, -0.05) is 51.1 Å². The van der Waals surface area contributed by atoms with Crippen LogP contribution in [-0.2, 0) is 5.41 Å². The molecule has 6 heteroatoms. The lowest BCUT2D eigenvalue weighted by atomic mass is 9.87. The maximum atomic E-state index is 11.2. The SMILES string of the molecule is CC(C)(C)c1ccc(Oc2ccc([N+](=O)[O-])cc2C=NNc2ccccc2)cc1. The number of hydrogen-bond donors (Lipinski definition) is 1. The minimum Gasteiger partial charge on any atom is -0.457 e. The summed E-state index contributed by atoms with van der Waals surface area (Å²) in [4.78, 5) is 10.7. The molecule has 0 heterocycles. The number of hydrazone groups is 1. The maximum Gasteiger partial charge on any atom is 0.270 e. The highest BCUT2D eigenvalue weighted by atomic mass is 16.6. The van der Waals surface area contributed by atoms with Crippen LogP contribution in [0.3, 0.4) is 0 Å². The van der Waals surface area contributed by atoms with Crippen molar-refractivity contribution in [1.29, 1.82) is 0 Å². The number of hydrogen-bond acceptors (Lipinski definition) is 5. The van der Waals surface area contributed by atoms with Gasteiger partial charge in [-0.2, -0.15) is 5.10 Å². The molecule has 0 fully saturated rings. The Hall–Kier alpha value is -3.67. The van der Waals surface area contributed by atoms with Gasteiger partial charge in [0.15, 0.2) is 0 Å². The maximum absolute atomic E-state index is 11.2. The van der Waals surface area contributed by atoms with Crippen LogP contribution in [0.15, 0.2) is 77.9 Å². The standard InChI is InChI=1S/C23H23N3O3/c1-23(2,3)18-9-12-21(13-10-18)29-22-14-11-20(26(27)28)15-17(22)16-24-25-19-7-5-4-6-8-19/h4-16,25H,1-3H3. The second-order valence-electron chi connectivity index (χ2n) is 7.59. The topological polar surface area (TPSA) is 76.8 Å². The van der Waals surface area contributed by atoms with Crippen LogP contribution in [0.5, 0.6) is 11.5 Å². The second-order valence-corrected chi connectivity index (χ2v) is 7.59. The van der Waals surface area contributed by atoms with Gasteiger partial charge in [0, 0.05) is 17.7 Å². The first-order valence-corrected chi connectivity index (χ1v) is 9.24. The molecule has 0 saturated heterocycles. The molecule has 0 amide bonds. The lowest BCUT2D eigenvalue weighted by Crippen LogP contribution is -2.10. The lowest BCUT2D eigenvalue weighted by molar-refractivity contribution is -0.384. The predicted octanol–water partition coefficient (Wildman–Crippen LogP) is 6.13. The molecule has 0 atom stereocenters. The van der Waals surface area contributed by atoms with Crippen molar-refractivity contribution >= 4 is 17.6 Å². The molecule has 6 nitrogen and oxygen atoms in total. The molecule has 148 valence electrons. The number of rotatable bonds is 6. The van der Waals surface area contributed by atoms with Crippen molar-refractivity contribution in [2.75, 3.05) is 5.43 Å². The van der Waals surface area contributed by atoms with Crippen LogP contribution in [0.25, 0.3) is 0 Å². The first-order valence-electron chi connectivity index (χ1n) is 9.24. The quantitative estimate of drug-likeness (QED) is 0.312. The largest absolute Gasteiger partial charge is 0.457 e. The summed E-state index contributed by atoms with van der Waals surface area (Å²) in [6.07, 6.45) is 1.51. The molecule has 0 aromatic heterocycles. The van der Waals surface area contributed by atoms with Gasteiger partial charge in [-0.3, -0.25) is 15.5 Å². The number of para-hydroxylation sites is 1. The zero-order valence-electron chi connectivity index (χ0n) is 16.6. The highest BCUT2D eigenvalue weighted by Gasteiger charge is 2.14. The Kier molecular flexibility index (Phi) is 5.93. The van der Waals surface area contributed by atoms with Gasteiger partial charge in [0.25, 0.3) is 5.69 Å². The number of nitrogens with zero attached hydrogens (tertiary/aromatic N) is 2. The van der Waals surface area contributed by atoms with E-state index in [1.807, 2.05) is 54.6 Å². The first kappa shape index (κ1) is 20.1. The fourth-order valence-electron chi connectivity index (χ4n) is 2.68. The van der Waals surface area contributed by atoms with Crippen molar-refractivity contribution in [3.63, 3.8) is 0 Å². The Morgan fingerprint density at radius 3 is 2.31 bits per heavy atom. The lowest BCUT2D eigenvalue weighted by Gasteiger charge is -2.19. The number of ether oxygens (including phenoxy) is 1. The molecule has 0 aliphatic carbocycles. The summed E-state index contributed by atoms with van der Waals surface area (Å²) in [5.41, 5.74) is 5.44. The molecule has 3 aromatic rings. The van der Waals surface area contributed by atoms with Crippen LogP contribution in [0.2, 0.25) is 0 Å². The minimum absolute atomic E-state index is 0.0263. The molecule has 29 heavy (non-hydrogen) atoms. The van der Waals surface area contributed by atoms with Crippen LogP contribution in [0.4, 0.5) is 11.4 Å². The molecule has 0 radical (unpaired) electrons. The molecule has 0 bridgehead atoms. The number of non-ortho nitro benzene ring substituents is 1.